The Hall–Kier alpha value is -1.05. The van der Waals surface area contributed by atoms with Crippen molar-refractivity contribution >= 4 is 5.97 Å². The zero-order chi connectivity index (χ0) is 18.6. The summed E-state index contributed by atoms with van der Waals surface area (Å²) in [6.07, 6.45) is 17.7. The molecule has 3 saturated carbocycles. The van der Waals surface area contributed by atoms with Gasteiger partial charge in [0.05, 0.1) is 0 Å². The third kappa shape index (κ3) is 2.39. The smallest absolute Gasteiger partial charge is 0.303 e. The summed E-state index contributed by atoms with van der Waals surface area (Å²) in [6, 6.07) is 0. The van der Waals surface area contributed by atoms with Crippen molar-refractivity contribution in [2.24, 2.45) is 34.5 Å². The monoisotopic (exact) mass is 356 g/mol. The molecule has 26 heavy (non-hydrogen) atoms. The Balaban J connectivity index is 1.66. The molecule has 2 nitrogen and oxygen atoms in total. The standard InChI is InChI=1S/C24H36O2/c1-5-13-24(26-17(2)25)16-12-21-19-10-9-18-8-6-7-14-22(18,3)20(19)11-15-23(21,24)4/h5-7,18-21H,1,8-16H2,2-4H3/t18-,19-,20+,21+,22+,23+,24+/m1/s1. The number of esters is 1. The van der Waals surface area contributed by atoms with Crippen molar-refractivity contribution in [3.05, 3.63) is 24.8 Å². The average Bonchev–Trinajstić information content (AvgIpc) is 2.87. The van der Waals surface area contributed by atoms with Gasteiger partial charge >= 0.3 is 5.97 Å². The van der Waals surface area contributed by atoms with Crippen LogP contribution in [0, 0.1) is 34.5 Å². The Morgan fingerprint density at radius 3 is 2.65 bits per heavy atom. The topological polar surface area (TPSA) is 26.3 Å². The van der Waals surface area contributed by atoms with Gasteiger partial charge in [-0.15, -0.1) is 6.58 Å². The van der Waals surface area contributed by atoms with Gasteiger partial charge in [-0.3, -0.25) is 4.79 Å². The number of carbonyl (C=O) groups excluding carboxylic acids is 1. The summed E-state index contributed by atoms with van der Waals surface area (Å²) in [5.74, 6) is 3.11. The molecule has 0 bridgehead atoms. The SMILES string of the molecule is C=CC[C@]1(OC(C)=O)CC[C@H]2[C@@H]3CC[C@H]4CC=CC[C@]4(C)[C@H]3CC[C@@]21C. The molecule has 4 aliphatic carbocycles. The van der Waals surface area contributed by atoms with Crippen molar-refractivity contribution in [3.8, 4) is 0 Å². The van der Waals surface area contributed by atoms with Gasteiger partial charge in [0.15, 0.2) is 0 Å². The molecular formula is C24H36O2. The molecule has 0 spiro atoms. The minimum Gasteiger partial charge on any atom is -0.458 e. The fourth-order valence-corrected chi connectivity index (χ4v) is 7.98. The van der Waals surface area contributed by atoms with Crippen molar-refractivity contribution < 1.29 is 9.53 Å². The zero-order valence-electron chi connectivity index (χ0n) is 16.9. The summed E-state index contributed by atoms with van der Waals surface area (Å²) in [7, 11) is 0. The first-order chi connectivity index (χ1) is 12.4. The van der Waals surface area contributed by atoms with E-state index in [0.717, 1.165) is 30.6 Å². The molecule has 0 unspecified atom stereocenters. The second-order valence-corrected chi connectivity index (χ2v) is 10.1. The van der Waals surface area contributed by atoms with E-state index in [-0.39, 0.29) is 17.0 Å². The Morgan fingerprint density at radius 2 is 1.92 bits per heavy atom. The van der Waals surface area contributed by atoms with Gasteiger partial charge in [0.1, 0.15) is 5.60 Å². The molecule has 4 rings (SSSR count). The third-order valence-corrected chi connectivity index (χ3v) is 9.31. The fourth-order valence-electron chi connectivity index (χ4n) is 7.98. The van der Waals surface area contributed by atoms with Gasteiger partial charge in [0.25, 0.3) is 0 Å². The Labute approximate surface area is 159 Å². The molecule has 0 amide bonds. The van der Waals surface area contributed by atoms with E-state index in [0.29, 0.717) is 11.3 Å². The van der Waals surface area contributed by atoms with Crippen molar-refractivity contribution in [1.82, 2.24) is 0 Å². The van der Waals surface area contributed by atoms with Gasteiger partial charge in [-0.05, 0) is 80.5 Å². The molecule has 0 radical (unpaired) electrons. The van der Waals surface area contributed by atoms with Gasteiger partial charge in [0, 0.05) is 18.8 Å². The molecule has 3 fully saturated rings. The van der Waals surface area contributed by atoms with Gasteiger partial charge in [-0.1, -0.05) is 32.1 Å². The van der Waals surface area contributed by atoms with E-state index in [1.54, 1.807) is 6.92 Å². The fraction of sp³-hybridized carbons (Fsp3) is 0.792. The lowest BCUT2D eigenvalue weighted by molar-refractivity contribution is -0.185. The third-order valence-electron chi connectivity index (χ3n) is 9.31. The minimum atomic E-state index is -0.319. The molecule has 0 saturated heterocycles. The number of hydrogen-bond donors (Lipinski definition) is 0. The molecule has 0 aliphatic heterocycles. The van der Waals surface area contributed by atoms with Gasteiger partial charge in [0.2, 0.25) is 0 Å². The van der Waals surface area contributed by atoms with Crippen LogP contribution in [0.3, 0.4) is 0 Å². The van der Waals surface area contributed by atoms with Crippen molar-refractivity contribution in [2.75, 3.05) is 0 Å². The predicted molar refractivity (Wildman–Crippen MR) is 106 cm³/mol. The largest absolute Gasteiger partial charge is 0.458 e. The molecular weight excluding hydrogens is 320 g/mol. The number of hydrogen-bond acceptors (Lipinski definition) is 2. The minimum absolute atomic E-state index is 0.113. The van der Waals surface area contributed by atoms with Gasteiger partial charge < -0.3 is 4.74 Å². The Morgan fingerprint density at radius 1 is 1.15 bits per heavy atom. The lowest BCUT2D eigenvalue weighted by Crippen LogP contribution is -2.56. The van der Waals surface area contributed by atoms with Crippen LogP contribution in [0.4, 0.5) is 0 Å². The Bertz CT molecular complexity index is 622. The number of fused-ring (bicyclic) bond motifs is 5. The molecule has 0 aromatic carbocycles. The van der Waals surface area contributed by atoms with E-state index in [4.69, 9.17) is 4.74 Å². The van der Waals surface area contributed by atoms with Crippen LogP contribution in [0.25, 0.3) is 0 Å². The van der Waals surface area contributed by atoms with Crippen LogP contribution >= 0.6 is 0 Å². The highest BCUT2D eigenvalue weighted by Gasteiger charge is 2.65. The first-order valence-electron chi connectivity index (χ1n) is 10.8. The van der Waals surface area contributed by atoms with Crippen LogP contribution in [-0.4, -0.2) is 11.6 Å². The van der Waals surface area contributed by atoms with E-state index in [1.165, 1.54) is 44.9 Å². The van der Waals surface area contributed by atoms with Crippen molar-refractivity contribution in [3.63, 3.8) is 0 Å². The molecule has 0 aromatic rings. The number of allylic oxidation sites excluding steroid dienone is 2. The summed E-state index contributed by atoms with van der Waals surface area (Å²) in [6.45, 7) is 10.6. The van der Waals surface area contributed by atoms with Crippen molar-refractivity contribution in [2.45, 2.75) is 84.2 Å². The van der Waals surface area contributed by atoms with Crippen LogP contribution in [0.5, 0.6) is 0 Å². The maximum absolute atomic E-state index is 12.0. The summed E-state index contributed by atoms with van der Waals surface area (Å²) >= 11 is 0. The van der Waals surface area contributed by atoms with E-state index in [2.05, 4.69) is 32.6 Å². The van der Waals surface area contributed by atoms with Crippen LogP contribution in [0.15, 0.2) is 24.8 Å². The molecule has 2 heteroatoms. The normalized spacial score (nSPS) is 49.7. The summed E-state index contributed by atoms with van der Waals surface area (Å²) in [5.41, 5.74) is 0.284. The highest BCUT2D eigenvalue weighted by atomic mass is 16.6. The number of rotatable bonds is 3. The summed E-state index contributed by atoms with van der Waals surface area (Å²) in [4.78, 5) is 12.0. The second-order valence-electron chi connectivity index (χ2n) is 10.1. The van der Waals surface area contributed by atoms with Gasteiger partial charge in [-0.25, -0.2) is 0 Å². The molecule has 0 N–H and O–H groups in total. The second kappa shape index (κ2) is 6.24. The van der Waals surface area contributed by atoms with Crippen LogP contribution < -0.4 is 0 Å². The lowest BCUT2D eigenvalue weighted by Gasteiger charge is -2.60. The summed E-state index contributed by atoms with van der Waals surface area (Å²) < 4.78 is 6.10. The van der Waals surface area contributed by atoms with E-state index in [9.17, 15) is 4.79 Å². The highest BCUT2D eigenvalue weighted by molar-refractivity contribution is 5.66. The molecule has 4 aliphatic rings. The highest BCUT2D eigenvalue weighted by Crippen LogP contribution is 2.69. The average molecular weight is 357 g/mol. The first kappa shape index (κ1) is 18.3. The molecule has 0 heterocycles. The van der Waals surface area contributed by atoms with Crippen LogP contribution in [0.2, 0.25) is 0 Å². The quantitative estimate of drug-likeness (QED) is 0.453. The number of carbonyl (C=O) groups is 1. The Kier molecular flexibility index (Phi) is 4.40. The summed E-state index contributed by atoms with van der Waals surface area (Å²) in [5, 5.41) is 0. The van der Waals surface area contributed by atoms with Crippen LogP contribution in [-0.2, 0) is 9.53 Å². The zero-order valence-corrected chi connectivity index (χ0v) is 16.9. The van der Waals surface area contributed by atoms with Gasteiger partial charge in [-0.2, -0.15) is 0 Å². The predicted octanol–water partition coefficient (Wildman–Crippen LogP) is 6.07. The molecule has 144 valence electrons. The van der Waals surface area contributed by atoms with E-state index >= 15 is 0 Å². The van der Waals surface area contributed by atoms with E-state index in [1.807, 2.05) is 6.08 Å². The molecule has 7 atom stereocenters. The lowest BCUT2D eigenvalue weighted by atomic mass is 9.45. The maximum Gasteiger partial charge on any atom is 0.303 e. The number of ether oxygens (including phenoxy) is 1. The van der Waals surface area contributed by atoms with E-state index < -0.39 is 0 Å². The van der Waals surface area contributed by atoms with Crippen LogP contribution in [0.1, 0.15) is 78.6 Å². The maximum atomic E-state index is 12.0. The van der Waals surface area contributed by atoms with Crippen molar-refractivity contribution in [1.29, 1.82) is 0 Å². The molecule has 0 aromatic heterocycles. The first-order valence-corrected chi connectivity index (χ1v) is 10.8.